The predicted octanol–water partition coefficient (Wildman–Crippen LogP) is 2.37. The Hall–Kier alpha value is -0.770. The predicted molar refractivity (Wildman–Crippen MR) is 68.8 cm³/mol. The number of carbonyl (C=O) groups excluding carboxylic acids is 1. The van der Waals surface area contributed by atoms with Crippen LogP contribution in [0, 0.1) is 5.92 Å². The average Bonchev–Trinajstić information content (AvgIpc) is 2.13. The van der Waals surface area contributed by atoms with Gasteiger partial charge in [-0.25, -0.2) is 4.79 Å². The monoisotopic (exact) mass is 242 g/mol. The van der Waals surface area contributed by atoms with Crippen LogP contribution >= 0.6 is 0 Å². The smallest absolute Gasteiger partial charge is 0.410 e. The molecule has 1 aliphatic rings. The molecule has 0 saturated carbocycles. The Morgan fingerprint density at radius 2 is 2.00 bits per heavy atom. The number of nitrogens with zero attached hydrogens (tertiary/aromatic N) is 1. The third-order valence-corrected chi connectivity index (χ3v) is 3.05. The van der Waals surface area contributed by atoms with Crippen molar-refractivity contribution in [3.8, 4) is 0 Å². The van der Waals surface area contributed by atoms with Gasteiger partial charge in [-0.2, -0.15) is 0 Å². The second kappa shape index (κ2) is 5.25. The van der Waals surface area contributed by atoms with Gasteiger partial charge in [0.15, 0.2) is 0 Å². The SMILES string of the molecule is CC(C)C1C(N)CCCN1C(=O)OC(C)(C)C. The maximum atomic E-state index is 12.1. The molecule has 0 radical (unpaired) electrons. The van der Waals surface area contributed by atoms with E-state index in [-0.39, 0.29) is 18.2 Å². The minimum atomic E-state index is -0.444. The summed E-state index contributed by atoms with van der Waals surface area (Å²) in [6, 6.07) is 0.162. The third kappa shape index (κ3) is 3.87. The van der Waals surface area contributed by atoms with Crippen molar-refractivity contribution < 1.29 is 9.53 Å². The van der Waals surface area contributed by atoms with Gasteiger partial charge < -0.3 is 15.4 Å². The first kappa shape index (κ1) is 14.3. The van der Waals surface area contributed by atoms with Crippen LogP contribution in [0.2, 0.25) is 0 Å². The van der Waals surface area contributed by atoms with Crippen LogP contribution in [0.5, 0.6) is 0 Å². The summed E-state index contributed by atoms with van der Waals surface area (Å²) in [5, 5.41) is 0. The molecule has 0 aliphatic carbocycles. The molecule has 1 amide bonds. The first-order valence-corrected chi connectivity index (χ1v) is 6.47. The lowest BCUT2D eigenvalue weighted by Gasteiger charge is -2.42. The summed E-state index contributed by atoms with van der Waals surface area (Å²) in [7, 11) is 0. The van der Waals surface area contributed by atoms with E-state index >= 15 is 0 Å². The highest BCUT2D eigenvalue weighted by molar-refractivity contribution is 5.68. The lowest BCUT2D eigenvalue weighted by atomic mass is 9.89. The van der Waals surface area contributed by atoms with Crippen LogP contribution in [0.4, 0.5) is 4.79 Å². The molecule has 2 unspecified atom stereocenters. The summed E-state index contributed by atoms with van der Waals surface area (Å²) in [4.78, 5) is 13.9. The van der Waals surface area contributed by atoms with Crippen LogP contribution in [-0.2, 0) is 4.74 Å². The van der Waals surface area contributed by atoms with Crippen LogP contribution < -0.4 is 5.73 Å². The molecular formula is C13H26N2O2. The van der Waals surface area contributed by atoms with E-state index in [1.165, 1.54) is 0 Å². The molecule has 0 aromatic rings. The van der Waals surface area contributed by atoms with Gasteiger partial charge >= 0.3 is 6.09 Å². The fourth-order valence-electron chi connectivity index (χ4n) is 2.44. The second-order valence-electron chi connectivity index (χ2n) is 6.21. The van der Waals surface area contributed by atoms with Crippen molar-refractivity contribution in [3.05, 3.63) is 0 Å². The van der Waals surface area contributed by atoms with Gasteiger partial charge in [0.25, 0.3) is 0 Å². The molecule has 100 valence electrons. The fourth-order valence-corrected chi connectivity index (χ4v) is 2.44. The van der Waals surface area contributed by atoms with Gasteiger partial charge in [-0.15, -0.1) is 0 Å². The largest absolute Gasteiger partial charge is 0.444 e. The highest BCUT2D eigenvalue weighted by Gasteiger charge is 2.36. The molecule has 4 nitrogen and oxygen atoms in total. The second-order valence-corrected chi connectivity index (χ2v) is 6.21. The average molecular weight is 242 g/mol. The third-order valence-electron chi connectivity index (χ3n) is 3.05. The van der Waals surface area contributed by atoms with Crippen molar-refractivity contribution in [1.82, 2.24) is 4.90 Å². The van der Waals surface area contributed by atoms with E-state index in [1.54, 1.807) is 0 Å². The number of amides is 1. The Balaban J connectivity index is 2.75. The molecule has 4 heteroatoms. The molecule has 1 aliphatic heterocycles. The topological polar surface area (TPSA) is 55.6 Å². The summed E-state index contributed by atoms with van der Waals surface area (Å²) in [5.74, 6) is 0.359. The molecule has 2 N–H and O–H groups in total. The molecule has 1 fully saturated rings. The van der Waals surface area contributed by atoms with Gasteiger partial charge in [0.1, 0.15) is 5.60 Å². The highest BCUT2D eigenvalue weighted by Crippen LogP contribution is 2.24. The minimum absolute atomic E-state index is 0.0660. The number of carbonyl (C=O) groups is 1. The zero-order valence-corrected chi connectivity index (χ0v) is 11.7. The fraction of sp³-hybridized carbons (Fsp3) is 0.923. The van der Waals surface area contributed by atoms with E-state index in [0.717, 1.165) is 19.4 Å². The van der Waals surface area contributed by atoms with E-state index in [4.69, 9.17) is 10.5 Å². The van der Waals surface area contributed by atoms with Crippen molar-refractivity contribution in [3.63, 3.8) is 0 Å². The number of hydrogen-bond donors (Lipinski definition) is 1. The first-order valence-electron chi connectivity index (χ1n) is 6.47. The number of rotatable bonds is 1. The van der Waals surface area contributed by atoms with Gasteiger partial charge in [-0.05, 0) is 39.5 Å². The summed E-state index contributed by atoms with van der Waals surface area (Å²) in [6.07, 6.45) is 1.72. The van der Waals surface area contributed by atoms with Crippen LogP contribution in [0.15, 0.2) is 0 Å². The van der Waals surface area contributed by atoms with Crippen LogP contribution in [0.25, 0.3) is 0 Å². The lowest BCUT2D eigenvalue weighted by molar-refractivity contribution is -0.00000603. The summed E-state index contributed by atoms with van der Waals surface area (Å²) < 4.78 is 5.44. The number of hydrogen-bond acceptors (Lipinski definition) is 3. The van der Waals surface area contributed by atoms with E-state index < -0.39 is 5.60 Å². The molecule has 0 bridgehead atoms. The van der Waals surface area contributed by atoms with Crippen molar-refractivity contribution in [2.45, 2.75) is 65.1 Å². The zero-order chi connectivity index (χ0) is 13.2. The van der Waals surface area contributed by atoms with Crippen LogP contribution in [0.3, 0.4) is 0 Å². The zero-order valence-electron chi connectivity index (χ0n) is 11.7. The molecular weight excluding hydrogens is 216 g/mol. The number of piperidine rings is 1. The molecule has 2 atom stereocenters. The van der Waals surface area contributed by atoms with Gasteiger partial charge in [-0.1, -0.05) is 13.8 Å². The van der Waals surface area contributed by atoms with Gasteiger partial charge in [0.2, 0.25) is 0 Å². The minimum Gasteiger partial charge on any atom is -0.444 e. The Labute approximate surface area is 104 Å². The maximum absolute atomic E-state index is 12.1. The molecule has 0 aromatic carbocycles. The Morgan fingerprint density at radius 3 is 2.47 bits per heavy atom. The summed E-state index contributed by atoms with van der Waals surface area (Å²) in [6.45, 7) is 10.6. The Morgan fingerprint density at radius 1 is 1.41 bits per heavy atom. The van der Waals surface area contributed by atoms with Gasteiger partial charge in [0.05, 0.1) is 6.04 Å². The van der Waals surface area contributed by atoms with E-state index in [9.17, 15) is 4.79 Å². The quantitative estimate of drug-likeness (QED) is 0.768. The maximum Gasteiger partial charge on any atom is 0.410 e. The standard InChI is InChI=1S/C13H26N2O2/c1-9(2)11-10(14)7-6-8-15(11)12(16)17-13(3,4)5/h9-11H,6-8,14H2,1-5H3. The Bertz CT molecular complexity index is 271. The van der Waals surface area contributed by atoms with Crippen molar-refractivity contribution in [2.75, 3.05) is 6.54 Å². The lowest BCUT2D eigenvalue weighted by Crippen LogP contribution is -2.57. The summed E-state index contributed by atoms with van der Waals surface area (Å²) >= 11 is 0. The van der Waals surface area contributed by atoms with Crippen LogP contribution in [0.1, 0.15) is 47.5 Å². The van der Waals surface area contributed by atoms with Crippen molar-refractivity contribution in [1.29, 1.82) is 0 Å². The van der Waals surface area contributed by atoms with E-state index in [1.807, 2.05) is 25.7 Å². The Kier molecular flexibility index (Phi) is 4.42. The molecule has 1 rings (SSSR count). The van der Waals surface area contributed by atoms with Crippen LogP contribution in [-0.4, -0.2) is 35.2 Å². The highest BCUT2D eigenvalue weighted by atomic mass is 16.6. The normalized spacial score (nSPS) is 26.2. The molecule has 1 saturated heterocycles. The molecule has 17 heavy (non-hydrogen) atoms. The van der Waals surface area contributed by atoms with Gasteiger partial charge in [0, 0.05) is 12.6 Å². The first-order chi connectivity index (χ1) is 7.72. The summed E-state index contributed by atoms with van der Waals surface area (Å²) in [5.41, 5.74) is 5.68. The van der Waals surface area contributed by atoms with E-state index in [0.29, 0.717) is 5.92 Å². The van der Waals surface area contributed by atoms with Gasteiger partial charge in [-0.3, -0.25) is 0 Å². The molecule has 0 aromatic heterocycles. The van der Waals surface area contributed by atoms with Crippen molar-refractivity contribution in [2.24, 2.45) is 11.7 Å². The number of nitrogens with two attached hydrogens (primary N) is 1. The van der Waals surface area contributed by atoms with E-state index in [2.05, 4.69) is 13.8 Å². The number of ether oxygens (including phenoxy) is 1. The van der Waals surface area contributed by atoms with Crippen molar-refractivity contribution >= 4 is 6.09 Å². The molecule has 1 heterocycles. The number of likely N-dealkylation sites (tertiary alicyclic amines) is 1. The molecule has 0 spiro atoms.